The van der Waals surface area contributed by atoms with E-state index in [9.17, 15) is 9.59 Å². The lowest BCUT2D eigenvalue weighted by molar-refractivity contribution is -0.141. The molecular weight excluding hydrogens is 322 g/mol. The second kappa shape index (κ2) is 8.44. The first-order valence-electron chi connectivity index (χ1n) is 8.97. The Labute approximate surface area is 147 Å². The Morgan fingerprint density at radius 1 is 1.32 bits per heavy atom. The van der Waals surface area contributed by atoms with Gasteiger partial charge in [0.2, 0.25) is 11.8 Å². The maximum Gasteiger partial charge on any atom is 0.227 e. The van der Waals surface area contributed by atoms with Crippen molar-refractivity contribution < 1.29 is 14.3 Å². The van der Waals surface area contributed by atoms with Gasteiger partial charge in [0, 0.05) is 58.1 Å². The van der Waals surface area contributed by atoms with Crippen molar-refractivity contribution in [1.29, 1.82) is 0 Å². The van der Waals surface area contributed by atoms with Crippen LogP contribution in [0.2, 0.25) is 0 Å². The fourth-order valence-corrected chi connectivity index (χ4v) is 3.48. The normalized spacial score (nSPS) is 24.1. The summed E-state index contributed by atoms with van der Waals surface area (Å²) < 4.78 is 7.11. The number of hydrogen-bond acceptors (Lipinski definition) is 5. The molecule has 2 saturated heterocycles. The van der Waals surface area contributed by atoms with Crippen molar-refractivity contribution in [3.8, 4) is 0 Å². The molecule has 0 radical (unpaired) electrons. The summed E-state index contributed by atoms with van der Waals surface area (Å²) in [5, 5.41) is 10.4. The number of rotatable bonds is 5. The summed E-state index contributed by atoms with van der Waals surface area (Å²) in [6, 6.07) is 1.95. The van der Waals surface area contributed by atoms with E-state index in [2.05, 4.69) is 15.7 Å². The summed E-state index contributed by atoms with van der Waals surface area (Å²) in [5.41, 5.74) is 1.09. The van der Waals surface area contributed by atoms with Crippen LogP contribution in [0.4, 0.5) is 0 Å². The molecule has 2 atom stereocenters. The van der Waals surface area contributed by atoms with E-state index < -0.39 is 0 Å². The molecule has 0 unspecified atom stereocenters. The number of hydrogen-bond donors (Lipinski definition) is 2. The number of carbonyl (C=O) groups excluding carboxylic acids is 2. The molecule has 2 aliphatic heterocycles. The number of aryl methyl sites for hydroxylation is 1. The standard InChI is InChI=1S/C17H27N5O3/c1-21-15(3-5-20-21)2-4-19-16(23)13-10-14(12-18-11-13)17(24)22-6-8-25-9-7-22/h3,5,13-14,18H,2,4,6-12H2,1H3,(H,19,23)/t13-,14-/m1/s1. The number of nitrogens with one attached hydrogen (secondary N) is 2. The number of morpholine rings is 1. The van der Waals surface area contributed by atoms with Crippen molar-refractivity contribution in [1.82, 2.24) is 25.3 Å². The van der Waals surface area contributed by atoms with E-state index in [0.29, 0.717) is 52.4 Å². The number of ether oxygens (including phenoxy) is 1. The van der Waals surface area contributed by atoms with Gasteiger partial charge >= 0.3 is 0 Å². The summed E-state index contributed by atoms with van der Waals surface area (Å²) >= 11 is 0. The minimum Gasteiger partial charge on any atom is -0.378 e. The minimum absolute atomic E-state index is 0.0224. The average Bonchev–Trinajstić information content (AvgIpc) is 3.07. The molecule has 0 saturated carbocycles. The first-order chi connectivity index (χ1) is 12.1. The van der Waals surface area contributed by atoms with Crippen molar-refractivity contribution >= 4 is 11.8 Å². The topological polar surface area (TPSA) is 88.5 Å². The van der Waals surface area contributed by atoms with Crippen molar-refractivity contribution in [2.45, 2.75) is 12.8 Å². The van der Waals surface area contributed by atoms with Crippen molar-refractivity contribution in [2.24, 2.45) is 18.9 Å². The summed E-state index contributed by atoms with van der Waals surface area (Å²) in [4.78, 5) is 26.9. The third kappa shape index (κ3) is 4.58. The fourth-order valence-electron chi connectivity index (χ4n) is 3.48. The fraction of sp³-hybridized carbons (Fsp3) is 0.706. The predicted octanol–water partition coefficient (Wildman–Crippen LogP) is -0.837. The molecule has 2 fully saturated rings. The lowest BCUT2D eigenvalue weighted by atomic mass is 9.88. The molecule has 0 aromatic carbocycles. The van der Waals surface area contributed by atoms with Crippen LogP contribution in [-0.2, 0) is 27.8 Å². The van der Waals surface area contributed by atoms with E-state index in [-0.39, 0.29) is 23.7 Å². The second-order valence-electron chi connectivity index (χ2n) is 6.71. The quantitative estimate of drug-likeness (QED) is 0.724. The van der Waals surface area contributed by atoms with Gasteiger partial charge in [0.1, 0.15) is 0 Å². The summed E-state index contributed by atoms with van der Waals surface area (Å²) in [6.07, 6.45) is 3.11. The second-order valence-corrected chi connectivity index (χ2v) is 6.71. The monoisotopic (exact) mass is 349 g/mol. The molecule has 8 heteroatoms. The molecule has 2 amide bonds. The minimum atomic E-state index is -0.157. The van der Waals surface area contributed by atoms with Gasteiger partial charge in [0.25, 0.3) is 0 Å². The molecule has 0 spiro atoms. The van der Waals surface area contributed by atoms with Crippen molar-refractivity contribution in [3.05, 3.63) is 18.0 Å². The Hall–Kier alpha value is -1.93. The smallest absolute Gasteiger partial charge is 0.227 e. The first kappa shape index (κ1) is 17.9. The molecule has 3 heterocycles. The van der Waals surface area contributed by atoms with Crippen LogP contribution in [0.25, 0.3) is 0 Å². The van der Waals surface area contributed by atoms with Crippen LogP contribution in [0.15, 0.2) is 12.3 Å². The molecule has 138 valence electrons. The van der Waals surface area contributed by atoms with Gasteiger partial charge in [-0.05, 0) is 12.5 Å². The van der Waals surface area contributed by atoms with Gasteiger partial charge in [0.05, 0.1) is 25.0 Å². The molecule has 0 aliphatic carbocycles. The van der Waals surface area contributed by atoms with E-state index in [1.807, 2.05) is 22.7 Å². The van der Waals surface area contributed by atoms with Crippen LogP contribution in [0.1, 0.15) is 12.1 Å². The average molecular weight is 349 g/mol. The molecule has 0 bridgehead atoms. The zero-order valence-corrected chi connectivity index (χ0v) is 14.7. The van der Waals surface area contributed by atoms with Gasteiger partial charge in [0.15, 0.2) is 0 Å². The third-order valence-electron chi connectivity index (χ3n) is 5.00. The number of aromatic nitrogens is 2. The van der Waals surface area contributed by atoms with E-state index in [1.165, 1.54) is 0 Å². The van der Waals surface area contributed by atoms with E-state index in [0.717, 1.165) is 12.1 Å². The highest BCUT2D eigenvalue weighted by atomic mass is 16.5. The molecule has 8 nitrogen and oxygen atoms in total. The van der Waals surface area contributed by atoms with Gasteiger partial charge in [-0.1, -0.05) is 0 Å². The molecule has 2 N–H and O–H groups in total. The Kier molecular flexibility index (Phi) is 6.04. The third-order valence-corrected chi connectivity index (χ3v) is 5.00. The Balaban J connectivity index is 1.46. The number of carbonyl (C=O) groups is 2. The van der Waals surface area contributed by atoms with Crippen molar-refractivity contribution in [2.75, 3.05) is 45.9 Å². The molecule has 25 heavy (non-hydrogen) atoms. The maximum atomic E-state index is 12.6. The van der Waals surface area contributed by atoms with Crippen LogP contribution < -0.4 is 10.6 Å². The maximum absolute atomic E-state index is 12.6. The number of nitrogens with zero attached hydrogens (tertiary/aromatic N) is 3. The summed E-state index contributed by atoms with van der Waals surface area (Å²) in [6.45, 7) is 4.36. The number of amides is 2. The number of piperidine rings is 1. The molecular formula is C17H27N5O3. The lowest BCUT2D eigenvalue weighted by Gasteiger charge is -2.34. The molecule has 1 aromatic rings. The van der Waals surface area contributed by atoms with Crippen LogP contribution in [0.3, 0.4) is 0 Å². The Morgan fingerprint density at radius 3 is 2.80 bits per heavy atom. The van der Waals surface area contributed by atoms with Crippen LogP contribution in [0.5, 0.6) is 0 Å². The first-order valence-corrected chi connectivity index (χ1v) is 8.97. The molecule has 2 aliphatic rings. The van der Waals surface area contributed by atoms with Gasteiger partial charge in [-0.25, -0.2) is 0 Å². The predicted molar refractivity (Wildman–Crippen MR) is 91.8 cm³/mol. The lowest BCUT2D eigenvalue weighted by Crippen LogP contribution is -2.51. The largest absolute Gasteiger partial charge is 0.378 e. The Morgan fingerprint density at radius 2 is 2.08 bits per heavy atom. The summed E-state index contributed by atoms with van der Waals surface area (Å²) in [5.74, 6) is -0.118. The summed E-state index contributed by atoms with van der Waals surface area (Å²) in [7, 11) is 1.89. The molecule has 3 rings (SSSR count). The van der Waals surface area contributed by atoms with Gasteiger partial charge in [-0.2, -0.15) is 5.10 Å². The van der Waals surface area contributed by atoms with Gasteiger partial charge in [-0.3, -0.25) is 14.3 Å². The zero-order valence-electron chi connectivity index (χ0n) is 14.7. The van der Waals surface area contributed by atoms with Crippen LogP contribution in [0, 0.1) is 11.8 Å². The van der Waals surface area contributed by atoms with Gasteiger partial charge in [-0.15, -0.1) is 0 Å². The Bertz CT molecular complexity index is 597. The van der Waals surface area contributed by atoms with E-state index >= 15 is 0 Å². The van der Waals surface area contributed by atoms with Gasteiger partial charge < -0.3 is 20.3 Å². The highest BCUT2D eigenvalue weighted by Gasteiger charge is 2.33. The van der Waals surface area contributed by atoms with Crippen LogP contribution in [-0.4, -0.2) is 72.4 Å². The SMILES string of the molecule is Cn1nccc1CCNC(=O)[C@H]1CNC[C@H](C(=O)N2CCOCC2)C1. The van der Waals surface area contributed by atoms with E-state index in [1.54, 1.807) is 6.20 Å². The molecule has 1 aromatic heterocycles. The highest BCUT2D eigenvalue weighted by Crippen LogP contribution is 2.19. The van der Waals surface area contributed by atoms with E-state index in [4.69, 9.17) is 4.74 Å². The zero-order chi connectivity index (χ0) is 17.6. The highest BCUT2D eigenvalue weighted by molar-refractivity contribution is 5.83. The van der Waals surface area contributed by atoms with Crippen LogP contribution >= 0.6 is 0 Å². The van der Waals surface area contributed by atoms with Crippen molar-refractivity contribution in [3.63, 3.8) is 0 Å².